The Morgan fingerprint density at radius 2 is 2.02 bits per heavy atom. The van der Waals surface area contributed by atoms with E-state index in [1.165, 1.54) is 16.5 Å². The predicted molar refractivity (Wildman–Crippen MR) is 152 cm³/mol. The molecule has 4 heterocycles. The molecule has 9 nitrogen and oxygen atoms in total. The minimum atomic E-state index is -1.27. The number of carboxylic acids is 1. The number of nitrogens with one attached hydrogen (secondary N) is 1. The van der Waals surface area contributed by atoms with E-state index in [9.17, 15) is 19.1 Å². The molecule has 1 atom stereocenters. The van der Waals surface area contributed by atoms with Gasteiger partial charge < -0.3 is 25.0 Å². The normalized spacial score (nSPS) is 16.3. The summed E-state index contributed by atoms with van der Waals surface area (Å²) in [7, 11) is 5.80. The summed E-state index contributed by atoms with van der Waals surface area (Å²) in [6.07, 6.45) is 4.01. The second-order valence-corrected chi connectivity index (χ2v) is 10.5. The number of aromatic nitrogens is 2. The van der Waals surface area contributed by atoms with E-state index in [1.807, 2.05) is 20.2 Å². The van der Waals surface area contributed by atoms with Gasteiger partial charge in [-0.2, -0.15) is 0 Å². The zero-order valence-electron chi connectivity index (χ0n) is 22.6. The molecular formula is C30H30FN5O4. The first-order valence-electron chi connectivity index (χ1n) is 13.2. The molecule has 0 saturated carbocycles. The van der Waals surface area contributed by atoms with Crippen LogP contribution in [0.15, 0.2) is 53.6 Å². The summed E-state index contributed by atoms with van der Waals surface area (Å²) in [6, 6.07) is 9.70. The lowest BCUT2D eigenvalue weighted by atomic mass is 9.97. The highest BCUT2D eigenvalue weighted by molar-refractivity contribution is 5.96. The minimum Gasteiger partial charge on any atom is -0.477 e. The molecule has 1 fully saturated rings. The van der Waals surface area contributed by atoms with Gasteiger partial charge in [0.15, 0.2) is 0 Å². The highest BCUT2D eigenvalue weighted by atomic mass is 19.1. The number of carbonyl (C=O) groups is 1. The third-order valence-corrected chi connectivity index (χ3v) is 7.64. The fourth-order valence-electron chi connectivity index (χ4n) is 5.89. The topological polar surface area (TPSA) is 99.4 Å². The van der Waals surface area contributed by atoms with Crippen molar-refractivity contribution in [2.75, 3.05) is 57.6 Å². The maximum absolute atomic E-state index is 14.8. The minimum absolute atomic E-state index is 0.0287. The highest BCUT2D eigenvalue weighted by Crippen LogP contribution is 2.48. The van der Waals surface area contributed by atoms with Crippen molar-refractivity contribution < 1.29 is 19.0 Å². The number of aromatic carboxylic acids is 1. The predicted octanol–water partition coefficient (Wildman–Crippen LogP) is 3.58. The lowest BCUT2D eigenvalue weighted by Gasteiger charge is -2.37. The van der Waals surface area contributed by atoms with Crippen LogP contribution in [0.25, 0.3) is 27.8 Å². The molecule has 206 valence electrons. The molecule has 0 spiro atoms. The number of rotatable bonds is 6. The van der Waals surface area contributed by atoms with Gasteiger partial charge >= 0.3 is 5.97 Å². The average molecular weight is 544 g/mol. The van der Waals surface area contributed by atoms with Crippen LogP contribution in [-0.2, 0) is 11.2 Å². The Kier molecular flexibility index (Phi) is 6.52. The highest BCUT2D eigenvalue weighted by Gasteiger charge is 2.32. The Hall–Kier alpha value is -4.28. The van der Waals surface area contributed by atoms with Crippen molar-refractivity contribution in [3.05, 3.63) is 81.8 Å². The molecule has 0 unspecified atom stereocenters. The van der Waals surface area contributed by atoms with E-state index >= 15 is 0 Å². The molecule has 1 aliphatic heterocycles. The molecule has 0 radical (unpaired) electrons. The number of carboxylic acid groups (broad SMARTS) is 1. The third-order valence-electron chi connectivity index (χ3n) is 7.64. The summed E-state index contributed by atoms with van der Waals surface area (Å²) in [4.78, 5) is 33.9. The molecule has 10 heteroatoms. The van der Waals surface area contributed by atoms with Crippen molar-refractivity contribution in [1.29, 1.82) is 0 Å². The van der Waals surface area contributed by atoms with Crippen LogP contribution in [0.4, 0.5) is 15.8 Å². The number of ether oxygens (including phenoxy) is 1. The number of likely N-dealkylation sites (N-methyl/N-ethyl adjacent to an activating group) is 1. The maximum atomic E-state index is 14.8. The van der Waals surface area contributed by atoms with E-state index in [4.69, 9.17) is 9.72 Å². The molecular weight excluding hydrogens is 513 g/mol. The van der Waals surface area contributed by atoms with E-state index in [2.05, 4.69) is 15.1 Å². The fourth-order valence-corrected chi connectivity index (χ4v) is 5.89. The molecule has 4 aromatic rings. The van der Waals surface area contributed by atoms with Crippen molar-refractivity contribution in [2.45, 2.75) is 12.5 Å². The first-order chi connectivity index (χ1) is 19.2. The number of nitrogens with zero attached hydrogens (tertiary/aromatic N) is 4. The molecule has 1 aromatic carbocycles. The number of benzene rings is 1. The van der Waals surface area contributed by atoms with Crippen molar-refractivity contribution in [1.82, 2.24) is 14.3 Å². The monoisotopic (exact) mass is 543 g/mol. The van der Waals surface area contributed by atoms with E-state index in [-0.39, 0.29) is 17.5 Å². The van der Waals surface area contributed by atoms with Gasteiger partial charge in [-0.3, -0.25) is 14.2 Å². The van der Waals surface area contributed by atoms with Gasteiger partial charge in [-0.25, -0.2) is 9.18 Å². The molecule has 2 aliphatic rings. The molecule has 6 rings (SSSR count). The van der Waals surface area contributed by atoms with Crippen LogP contribution in [0, 0.1) is 5.82 Å². The maximum Gasteiger partial charge on any atom is 0.341 e. The Balaban J connectivity index is 1.59. The van der Waals surface area contributed by atoms with Crippen LogP contribution >= 0.6 is 0 Å². The van der Waals surface area contributed by atoms with Gasteiger partial charge in [0, 0.05) is 73.4 Å². The fraction of sp³-hybridized carbons (Fsp3) is 0.300. The van der Waals surface area contributed by atoms with Gasteiger partial charge in [0.05, 0.1) is 24.1 Å². The van der Waals surface area contributed by atoms with E-state index < -0.39 is 11.5 Å². The number of hydrogen-bond acceptors (Lipinski definition) is 7. The SMILES string of the molecule is CNc1cc(F)cc2c1Cc1ncc(-c3ccc4ccc(C(=O)O)c(=O)n4c3)c(N3CCO[C@@H](CN(C)C)C3)c1-2. The molecule has 2 N–H and O–H groups in total. The standard InChI is InChI=1S/C30H30FN5O4/c1-32-25-11-18(31)10-23-22(25)12-26-27(23)28(35-8-9-40-20(16-35)15-34(2)3)24(13-33-26)17-4-5-19-6-7-21(30(38)39)29(37)36(19)14-17/h4-7,10-11,13-14,20,32H,8-9,12,15-16H2,1-3H3,(H,38,39)/t20-/m0/s1. The van der Waals surface area contributed by atoms with Crippen molar-refractivity contribution in [3.8, 4) is 22.3 Å². The summed E-state index contributed by atoms with van der Waals surface area (Å²) >= 11 is 0. The van der Waals surface area contributed by atoms with Gasteiger partial charge in [-0.1, -0.05) is 6.07 Å². The van der Waals surface area contributed by atoms with Crippen molar-refractivity contribution in [2.24, 2.45) is 0 Å². The quantitative estimate of drug-likeness (QED) is 0.335. The van der Waals surface area contributed by atoms with Crippen LogP contribution < -0.4 is 15.8 Å². The summed E-state index contributed by atoms with van der Waals surface area (Å²) in [5.41, 5.74) is 6.32. The zero-order valence-corrected chi connectivity index (χ0v) is 22.6. The summed E-state index contributed by atoms with van der Waals surface area (Å²) in [5, 5.41) is 12.6. The number of morpholine rings is 1. The number of halogens is 1. The molecule has 40 heavy (non-hydrogen) atoms. The van der Waals surface area contributed by atoms with Crippen molar-refractivity contribution in [3.63, 3.8) is 0 Å². The van der Waals surface area contributed by atoms with Crippen molar-refractivity contribution >= 4 is 22.9 Å². The number of pyridine rings is 3. The number of anilines is 2. The van der Waals surface area contributed by atoms with Crippen LogP contribution in [0.5, 0.6) is 0 Å². The molecule has 3 aromatic heterocycles. The summed E-state index contributed by atoms with van der Waals surface area (Å²) in [6.45, 7) is 2.54. The summed E-state index contributed by atoms with van der Waals surface area (Å²) in [5.74, 6) is -1.61. The molecule has 1 saturated heterocycles. The number of hydrogen-bond donors (Lipinski definition) is 2. The largest absolute Gasteiger partial charge is 0.477 e. The lowest BCUT2D eigenvalue weighted by molar-refractivity contribution is 0.0248. The van der Waals surface area contributed by atoms with E-state index in [0.29, 0.717) is 37.2 Å². The first-order valence-corrected chi connectivity index (χ1v) is 13.2. The summed E-state index contributed by atoms with van der Waals surface area (Å²) < 4.78 is 22.3. The van der Waals surface area contributed by atoms with Crippen LogP contribution in [0.2, 0.25) is 0 Å². The van der Waals surface area contributed by atoms with Gasteiger partial charge in [-0.15, -0.1) is 0 Å². The molecule has 1 aliphatic carbocycles. The van der Waals surface area contributed by atoms with Crippen LogP contribution in [0.3, 0.4) is 0 Å². The Morgan fingerprint density at radius 3 is 2.77 bits per heavy atom. The zero-order chi connectivity index (χ0) is 28.1. The second-order valence-electron chi connectivity index (χ2n) is 10.5. The van der Waals surface area contributed by atoms with Crippen LogP contribution in [-0.4, -0.2) is 78.8 Å². The third kappa shape index (κ3) is 4.39. The van der Waals surface area contributed by atoms with E-state index in [1.54, 1.807) is 37.6 Å². The Morgan fingerprint density at radius 1 is 1.23 bits per heavy atom. The Labute approximate surface area is 230 Å². The van der Waals surface area contributed by atoms with Gasteiger partial charge in [0.25, 0.3) is 5.56 Å². The molecule has 0 amide bonds. The lowest BCUT2D eigenvalue weighted by Crippen LogP contribution is -2.46. The average Bonchev–Trinajstić information content (AvgIpc) is 3.30. The van der Waals surface area contributed by atoms with Gasteiger partial charge in [-0.05, 0) is 55.6 Å². The second kappa shape index (κ2) is 10.0. The number of fused-ring (bicyclic) bond motifs is 4. The van der Waals surface area contributed by atoms with Gasteiger partial charge in [0.2, 0.25) is 0 Å². The smallest absolute Gasteiger partial charge is 0.341 e. The molecule has 0 bridgehead atoms. The van der Waals surface area contributed by atoms with Crippen LogP contribution in [0.1, 0.15) is 21.6 Å². The Bertz CT molecular complexity index is 1720. The van der Waals surface area contributed by atoms with E-state index in [0.717, 1.165) is 45.9 Å². The first kappa shape index (κ1) is 26.0. The van der Waals surface area contributed by atoms with Gasteiger partial charge in [0.1, 0.15) is 11.4 Å².